The summed E-state index contributed by atoms with van der Waals surface area (Å²) in [5.74, 6) is 1.54. The molecular formula is C15H22O2. The zero-order chi connectivity index (χ0) is 12.1. The van der Waals surface area contributed by atoms with Crippen molar-refractivity contribution in [2.45, 2.75) is 45.8 Å². The second-order valence-electron chi connectivity index (χ2n) is 4.97. The van der Waals surface area contributed by atoms with Crippen molar-refractivity contribution < 1.29 is 9.47 Å². The molecule has 1 unspecified atom stereocenters. The first kappa shape index (κ1) is 12.4. The lowest BCUT2D eigenvalue weighted by molar-refractivity contribution is -0.0393. The number of unbranched alkanes of at least 4 members (excludes halogenated alkanes) is 1. The van der Waals surface area contributed by atoms with E-state index >= 15 is 0 Å². The number of ether oxygens (including phenoxy) is 2. The highest BCUT2D eigenvalue weighted by molar-refractivity contribution is 5.27. The molecule has 17 heavy (non-hydrogen) atoms. The molecule has 1 aromatic rings. The highest BCUT2D eigenvalue weighted by Gasteiger charge is 2.23. The average molecular weight is 234 g/mol. The van der Waals surface area contributed by atoms with Gasteiger partial charge < -0.3 is 9.47 Å². The van der Waals surface area contributed by atoms with Crippen molar-refractivity contribution in [3.63, 3.8) is 0 Å². The van der Waals surface area contributed by atoms with E-state index in [1.54, 1.807) is 0 Å². The van der Waals surface area contributed by atoms with Crippen LogP contribution in [-0.2, 0) is 11.2 Å². The summed E-state index contributed by atoms with van der Waals surface area (Å²) in [4.78, 5) is 0. The van der Waals surface area contributed by atoms with Gasteiger partial charge in [-0.05, 0) is 36.5 Å². The van der Waals surface area contributed by atoms with Crippen molar-refractivity contribution >= 4 is 0 Å². The van der Waals surface area contributed by atoms with E-state index in [1.807, 2.05) is 0 Å². The van der Waals surface area contributed by atoms with E-state index < -0.39 is 0 Å². The molecule has 0 radical (unpaired) electrons. The molecule has 2 atom stereocenters. The quantitative estimate of drug-likeness (QED) is 0.771. The van der Waals surface area contributed by atoms with E-state index in [4.69, 9.17) is 9.47 Å². The minimum Gasteiger partial charge on any atom is -0.465 e. The molecule has 2 heteroatoms. The Morgan fingerprint density at radius 2 is 2.06 bits per heavy atom. The normalized spacial score (nSPS) is 23.9. The molecule has 0 spiro atoms. The molecule has 2 nitrogen and oxygen atoms in total. The van der Waals surface area contributed by atoms with Crippen LogP contribution in [0.15, 0.2) is 24.3 Å². The number of benzene rings is 1. The van der Waals surface area contributed by atoms with E-state index in [1.165, 1.54) is 18.4 Å². The number of hydrogen-bond donors (Lipinski definition) is 0. The molecular weight excluding hydrogens is 212 g/mol. The molecule has 0 bridgehead atoms. The van der Waals surface area contributed by atoms with Crippen molar-refractivity contribution in [2.24, 2.45) is 5.92 Å². The van der Waals surface area contributed by atoms with Gasteiger partial charge in [0.05, 0.1) is 6.61 Å². The maximum atomic E-state index is 5.78. The summed E-state index contributed by atoms with van der Waals surface area (Å²) in [5.41, 5.74) is 1.39. The van der Waals surface area contributed by atoms with Crippen molar-refractivity contribution in [3.8, 4) is 5.75 Å². The highest BCUT2D eigenvalue weighted by Crippen LogP contribution is 2.23. The van der Waals surface area contributed by atoms with Gasteiger partial charge in [-0.2, -0.15) is 0 Å². The van der Waals surface area contributed by atoms with Crippen LogP contribution in [0.5, 0.6) is 5.75 Å². The van der Waals surface area contributed by atoms with Crippen molar-refractivity contribution in [1.82, 2.24) is 0 Å². The molecule has 0 saturated carbocycles. The van der Waals surface area contributed by atoms with Gasteiger partial charge in [0.25, 0.3) is 0 Å². The molecule has 1 saturated heterocycles. The summed E-state index contributed by atoms with van der Waals surface area (Å²) in [6, 6.07) is 8.42. The minimum absolute atomic E-state index is 0.0495. The van der Waals surface area contributed by atoms with Gasteiger partial charge in [0, 0.05) is 6.42 Å². The molecule has 0 aromatic heterocycles. The minimum atomic E-state index is -0.0495. The van der Waals surface area contributed by atoms with Gasteiger partial charge in [-0.15, -0.1) is 0 Å². The fraction of sp³-hybridized carbons (Fsp3) is 0.600. The largest absolute Gasteiger partial charge is 0.465 e. The zero-order valence-corrected chi connectivity index (χ0v) is 10.8. The van der Waals surface area contributed by atoms with E-state index in [0.717, 1.165) is 25.2 Å². The second-order valence-corrected chi connectivity index (χ2v) is 4.97. The topological polar surface area (TPSA) is 18.5 Å². The number of rotatable bonds is 5. The first-order valence-electron chi connectivity index (χ1n) is 6.65. The molecule has 94 valence electrons. The molecule has 1 aromatic carbocycles. The maximum absolute atomic E-state index is 5.78. The van der Waals surface area contributed by atoms with Crippen molar-refractivity contribution in [2.75, 3.05) is 6.61 Å². The number of hydrogen-bond acceptors (Lipinski definition) is 2. The zero-order valence-electron chi connectivity index (χ0n) is 10.8. The Balaban J connectivity index is 1.85. The van der Waals surface area contributed by atoms with Crippen LogP contribution in [0.25, 0.3) is 0 Å². The lowest BCUT2D eigenvalue weighted by Crippen LogP contribution is -2.14. The van der Waals surface area contributed by atoms with E-state index in [9.17, 15) is 0 Å². The molecule has 1 aliphatic rings. The van der Waals surface area contributed by atoms with Gasteiger partial charge >= 0.3 is 0 Å². The third-order valence-corrected chi connectivity index (χ3v) is 3.17. The standard InChI is InChI=1S/C15H22O2/c1-3-4-5-13-6-8-14(9-7-13)17-15-10-12(2)11-16-15/h6-9,12,15H,3-5,10-11H2,1-2H3/t12-,15?/m1/s1. The second kappa shape index (κ2) is 6.06. The summed E-state index contributed by atoms with van der Waals surface area (Å²) in [6.45, 7) is 5.23. The fourth-order valence-corrected chi connectivity index (χ4v) is 2.09. The van der Waals surface area contributed by atoms with Crippen LogP contribution >= 0.6 is 0 Å². The molecule has 1 fully saturated rings. The van der Waals surface area contributed by atoms with Gasteiger partial charge in [0.2, 0.25) is 0 Å². The Hall–Kier alpha value is -1.02. The van der Waals surface area contributed by atoms with Crippen LogP contribution in [0.1, 0.15) is 38.7 Å². The first-order chi connectivity index (χ1) is 8.28. The van der Waals surface area contributed by atoms with Crippen LogP contribution in [0.4, 0.5) is 0 Å². The van der Waals surface area contributed by atoms with Gasteiger partial charge in [-0.25, -0.2) is 0 Å². The average Bonchev–Trinajstić information content (AvgIpc) is 2.74. The summed E-state index contributed by atoms with van der Waals surface area (Å²) in [7, 11) is 0. The molecule has 0 aliphatic carbocycles. The SMILES string of the molecule is CCCCc1ccc(OC2C[C@@H](C)CO2)cc1. The van der Waals surface area contributed by atoms with Gasteiger partial charge in [-0.1, -0.05) is 32.4 Å². The van der Waals surface area contributed by atoms with Crippen LogP contribution in [-0.4, -0.2) is 12.9 Å². The Labute approximate surface area is 104 Å². The van der Waals surface area contributed by atoms with E-state index in [0.29, 0.717) is 5.92 Å². The Morgan fingerprint density at radius 1 is 1.29 bits per heavy atom. The predicted octanol–water partition coefficient (Wildman–Crippen LogP) is 3.79. The van der Waals surface area contributed by atoms with Gasteiger partial charge in [0.15, 0.2) is 6.29 Å². The summed E-state index contributed by atoms with van der Waals surface area (Å²) in [5, 5.41) is 0. The van der Waals surface area contributed by atoms with Crippen molar-refractivity contribution in [1.29, 1.82) is 0 Å². The molecule has 0 amide bonds. The first-order valence-corrected chi connectivity index (χ1v) is 6.65. The monoisotopic (exact) mass is 234 g/mol. The number of aryl methyl sites for hydroxylation is 1. The molecule has 2 rings (SSSR count). The van der Waals surface area contributed by atoms with E-state index in [-0.39, 0.29) is 6.29 Å². The summed E-state index contributed by atoms with van der Waals surface area (Å²) in [6.07, 6.45) is 4.60. The van der Waals surface area contributed by atoms with E-state index in [2.05, 4.69) is 38.1 Å². The third kappa shape index (κ3) is 3.74. The third-order valence-electron chi connectivity index (χ3n) is 3.17. The van der Waals surface area contributed by atoms with Crippen LogP contribution in [0.2, 0.25) is 0 Å². The molecule has 0 N–H and O–H groups in total. The predicted molar refractivity (Wildman–Crippen MR) is 69.2 cm³/mol. The van der Waals surface area contributed by atoms with Crippen molar-refractivity contribution in [3.05, 3.63) is 29.8 Å². The van der Waals surface area contributed by atoms with Crippen LogP contribution in [0.3, 0.4) is 0 Å². The lowest BCUT2D eigenvalue weighted by atomic mass is 10.1. The van der Waals surface area contributed by atoms with Gasteiger partial charge in [-0.3, -0.25) is 0 Å². The fourth-order valence-electron chi connectivity index (χ4n) is 2.09. The highest BCUT2D eigenvalue weighted by atomic mass is 16.7. The lowest BCUT2D eigenvalue weighted by Gasteiger charge is -2.13. The molecule has 1 heterocycles. The molecule has 1 aliphatic heterocycles. The Bertz CT molecular complexity index is 331. The Kier molecular flexibility index (Phi) is 4.43. The summed E-state index contributed by atoms with van der Waals surface area (Å²) < 4.78 is 11.3. The van der Waals surface area contributed by atoms with Crippen LogP contribution < -0.4 is 4.74 Å². The smallest absolute Gasteiger partial charge is 0.200 e. The van der Waals surface area contributed by atoms with Crippen LogP contribution in [0, 0.1) is 5.92 Å². The summed E-state index contributed by atoms with van der Waals surface area (Å²) >= 11 is 0. The Morgan fingerprint density at radius 3 is 2.65 bits per heavy atom. The van der Waals surface area contributed by atoms with Gasteiger partial charge in [0.1, 0.15) is 5.75 Å². The maximum Gasteiger partial charge on any atom is 0.200 e.